The van der Waals surface area contributed by atoms with Crippen molar-refractivity contribution in [1.29, 1.82) is 0 Å². The van der Waals surface area contributed by atoms with Gasteiger partial charge in [-0.3, -0.25) is 9.36 Å². The maximum atomic E-state index is 12.2. The Morgan fingerprint density at radius 1 is 1.42 bits per heavy atom. The van der Waals surface area contributed by atoms with Crippen LogP contribution in [0.4, 0.5) is 0 Å². The quantitative estimate of drug-likeness (QED) is 0.888. The summed E-state index contributed by atoms with van der Waals surface area (Å²) in [4.78, 5) is 16.6. The lowest BCUT2D eigenvalue weighted by Gasteiger charge is -2.13. The third-order valence-corrected chi connectivity index (χ3v) is 3.88. The summed E-state index contributed by atoms with van der Waals surface area (Å²) in [6, 6.07) is 8.04. The van der Waals surface area contributed by atoms with Gasteiger partial charge in [-0.05, 0) is 37.8 Å². The highest BCUT2D eigenvalue weighted by atomic mass is 16.1. The summed E-state index contributed by atoms with van der Waals surface area (Å²) < 4.78 is 1.69. The van der Waals surface area contributed by atoms with Crippen molar-refractivity contribution in [3.05, 3.63) is 40.9 Å². The van der Waals surface area contributed by atoms with Crippen molar-refractivity contribution in [3.63, 3.8) is 0 Å². The molecule has 1 aliphatic carbocycles. The number of hydrogen-bond acceptors (Lipinski definition) is 3. The van der Waals surface area contributed by atoms with Crippen LogP contribution in [0, 0.1) is 5.92 Å². The van der Waals surface area contributed by atoms with Crippen LogP contribution >= 0.6 is 0 Å². The van der Waals surface area contributed by atoms with E-state index in [9.17, 15) is 4.79 Å². The van der Waals surface area contributed by atoms with E-state index >= 15 is 0 Å². The monoisotopic (exact) mass is 257 g/mol. The van der Waals surface area contributed by atoms with Gasteiger partial charge >= 0.3 is 0 Å². The van der Waals surface area contributed by atoms with Gasteiger partial charge in [-0.2, -0.15) is 0 Å². The molecule has 1 N–H and O–H groups in total. The Hall–Kier alpha value is -1.68. The first kappa shape index (κ1) is 12.4. The van der Waals surface area contributed by atoms with E-state index in [1.165, 1.54) is 12.8 Å². The molecule has 3 rings (SSSR count). The Morgan fingerprint density at radius 3 is 3.00 bits per heavy atom. The molecular weight excluding hydrogens is 238 g/mol. The molecular formula is C15H19N3O. The maximum absolute atomic E-state index is 12.2. The zero-order valence-electron chi connectivity index (χ0n) is 11.2. The molecule has 19 heavy (non-hydrogen) atoms. The van der Waals surface area contributed by atoms with E-state index in [4.69, 9.17) is 0 Å². The molecule has 0 radical (unpaired) electrons. The zero-order valence-corrected chi connectivity index (χ0v) is 11.2. The number of nitrogens with zero attached hydrogens (tertiary/aromatic N) is 2. The van der Waals surface area contributed by atoms with Crippen LogP contribution in [0.15, 0.2) is 35.4 Å². The second-order valence-electron chi connectivity index (χ2n) is 5.34. The molecule has 0 saturated heterocycles. The second-order valence-corrected chi connectivity index (χ2v) is 5.34. The summed E-state index contributed by atoms with van der Waals surface area (Å²) in [6.07, 6.45) is 4.32. The van der Waals surface area contributed by atoms with Gasteiger partial charge in [0.05, 0.1) is 17.2 Å². The van der Waals surface area contributed by atoms with E-state index < -0.39 is 0 Å². The number of para-hydroxylation sites is 1. The van der Waals surface area contributed by atoms with Crippen molar-refractivity contribution in [3.8, 4) is 0 Å². The van der Waals surface area contributed by atoms with E-state index in [-0.39, 0.29) is 5.56 Å². The zero-order chi connectivity index (χ0) is 13.2. The largest absolute Gasteiger partial charge is 0.312 e. The smallest absolute Gasteiger partial charge is 0.261 e. The molecule has 0 spiro atoms. The van der Waals surface area contributed by atoms with E-state index in [0.29, 0.717) is 18.0 Å². The van der Waals surface area contributed by atoms with Crippen LogP contribution in [-0.2, 0) is 6.54 Å². The van der Waals surface area contributed by atoms with Gasteiger partial charge in [0.2, 0.25) is 0 Å². The molecule has 1 unspecified atom stereocenters. The SMILES string of the molecule is CC(NCCn1cnc2ccccc2c1=O)C1CC1. The predicted octanol–water partition coefficient (Wildman–Crippen LogP) is 1.78. The summed E-state index contributed by atoms with van der Waals surface area (Å²) in [7, 11) is 0. The van der Waals surface area contributed by atoms with E-state index in [1.807, 2.05) is 24.3 Å². The topological polar surface area (TPSA) is 46.9 Å². The fraction of sp³-hybridized carbons (Fsp3) is 0.467. The minimum absolute atomic E-state index is 0.0477. The third-order valence-electron chi connectivity index (χ3n) is 3.88. The normalized spacial score (nSPS) is 16.7. The molecule has 0 bridgehead atoms. The number of fused-ring (bicyclic) bond motifs is 1. The number of nitrogens with one attached hydrogen (secondary N) is 1. The van der Waals surface area contributed by atoms with Crippen molar-refractivity contribution in [2.45, 2.75) is 32.4 Å². The number of aromatic nitrogens is 2. The molecule has 100 valence electrons. The summed E-state index contributed by atoms with van der Waals surface area (Å²) >= 11 is 0. The Kier molecular flexibility index (Phi) is 3.34. The average Bonchev–Trinajstić information content (AvgIpc) is 3.26. The first-order chi connectivity index (χ1) is 9.25. The average molecular weight is 257 g/mol. The maximum Gasteiger partial charge on any atom is 0.261 e. The van der Waals surface area contributed by atoms with Gasteiger partial charge in [0, 0.05) is 19.1 Å². The summed E-state index contributed by atoms with van der Waals surface area (Å²) in [5.74, 6) is 0.839. The molecule has 4 heteroatoms. The standard InChI is InChI=1S/C15H19N3O/c1-11(12-6-7-12)16-8-9-18-10-17-14-5-3-2-4-13(14)15(18)19/h2-5,10-12,16H,6-9H2,1H3. The number of rotatable bonds is 5. The summed E-state index contributed by atoms with van der Waals surface area (Å²) in [5.41, 5.74) is 0.814. The molecule has 4 nitrogen and oxygen atoms in total. The van der Waals surface area contributed by atoms with Crippen molar-refractivity contribution in [2.24, 2.45) is 5.92 Å². The molecule has 1 saturated carbocycles. The Morgan fingerprint density at radius 2 is 2.21 bits per heavy atom. The van der Waals surface area contributed by atoms with Crippen LogP contribution in [0.3, 0.4) is 0 Å². The molecule has 0 amide bonds. The van der Waals surface area contributed by atoms with E-state index in [1.54, 1.807) is 10.9 Å². The number of hydrogen-bond donors (Lipinski definition) is 1. The van der Waals surface area contributed by atoms with Crippen LogP contribution in [0.1, 0.15) is 19.8 Å². The Labute approximate surface area is 112 Å². The van der Waals surface area contributed by atoms with Gasteiger partial charge in [-0.25, -0.2) is 4.98 Å². The third kappa shape index (κ3) is 2.68. The molecule has 1 aromatic heterocycles. The highest BCUT2D eigenvalue weighted by Gasteiger charge is 2.27. The first-order valence-electron chi connectivity index (χ1n) is 6.93. The lowest BCUT2D eigenvalue weighted by atomic mass is 10.2. The molecule has 2 aromatic rings. The fourth-order valence-electron chi connectivity index (χ4n) is 2.44. The predicted molar refractivity (Wildman–Crippen MR) is 76.2 cm³/mol. The van der Waals surface area contributed by atoms with Gasteiger partial charge in [0.1, 0.15) is 0 Å². The van der Waals surface area contributed by atoms with Crippen molar-refractivity contribution in [1.82, 2.24) is 14.9 Å². The summed E-state index contributed by atoms with van der Waals surface area (Å²) in [6.45, 7) is 3.71. The van der Waals surface area contributed by atoms with Gasteiger partial charge < -0.3 is 5.32 Å². The first-order valence-corrected chi connectivity index (χ1v) is 6.93. The number of benzene rings is 1. The summed E-state index contributed by atoms with van der Waals surface area (Å²) in [5, 5.41) is 4.18. The fourth-order valence-corrected chi connectivity index (χ4v) is 2.44. The molecule has 1 atom stereocenters. The van der Waals surface area contributed by atoms with Crippen LogP contribution in [-0.4, -0.2) is 22.1 Å². The van der Waals surface area contributed by atoms with Crippen LogP contribution in [0.25, 0.3) is 10.9 Å². The van der Waals surface area contributed by atoms with Crippen LogP contribution < -0.4 is 10.9 Å². The molecule has 1 aromatic carbocycles. The Balaban J connectivity index is 1.70. The van der Waals surface area contributed by atoms with E-state index in [0.717, 1.165) is 18.0 Å². The highest BCUT2D eigenvalue weighted by Crippen LogP contribution is 2.32. The minimum atomic E-state index is 0.0477. The minimum Gasteiger partial charge on any atom is -0.312 e. The second kappa shape index (κ2) is 5.13. The molecule has 1 aliphatic rings. The van der Waals surface area contributed by atoms with Gasteiger partial charge in [0.25, 0.3) is 5.56 Å². The molecule has 1 fully saturated rings. The van der Waals surface area contributed by atoms with Crippen molar-refractivity contribution in [2.75, 3.05) is 6.54 Å². The lowest BCUT2D eigenvalue weighted by molar-refractivity contribution is 0.471. The lowest BCUT2D eigenvalue weighted by Crippen LogP contribution is -2.33. The van der Waals surface area contributed by atoms with Gasteiger partial charge in [0.15, 0.2) is 0 Å². The van der Waals surface area contributed by atoms with Gasteiger partial charge in [-0.1, -0.05) is 12.1 Å². The Bertz CT molecular complexity index is 631. The van der Waals surface area contributed by atoms with E-state index in [2.05, 4.69) is 17.2 Å². The highest BCUT2D eigenvalue weighted by molar-refractivity contribution is 5.76. The van der Waals surface area contributed by atoms with Crippen LogP contribution in [0.5, 0.6) is 0 Å². The van der Waals surface area contributed by atoms with Crippen molar-refractivity contribution < 1.29 is 0 Å². The molecule has 1 heterocycles. The van der Waals surface area contributed by atoms with Gasteiger partial charge in [-0.15, -0.1) is 0 Å². The molecule has 0 aliphatic heterocycles. The van der Waals surface area contributed by atoms with Crippen LogP contribution in [0.2, 0.25) is 0 Å². The van der Waals surface area contributed by atoms with Crippen molar-refractivity contribution >= 4 is 10.9 Å².